The quantitative estimate of drug-likeness (QED) is 0.574. The Morgan fingerprint density at radius 2 is 1.89 bits per heavy atom. The molecule has 0 rings (SSSR count). The molecule has 19 heavy (non-hydrogen) atoms. The van der Waals surface area contributed by atoms with Crippen LogP contribution in [0.2, 0.25) is 0 Å². The van der Waals surface area contributed by atoms with Crippen LogP contribution in [0.25, 0.3) is 0 Å². The van der Waals surface area contributed by atoms with Gasteiger partial charge < -0.3 is 15.7 Å². The van der Waals surface area contributed by atoms with Gasteiger partial charge in [-0.25, -0.2) is 4.79 Å². The monoisotopic (exact) mass is 290 g/mol. The number of hydrogen-bond acceptors (Lipinski definition) is 4. The molecule has 110 valence electrons. The average molecular weight is 290 g/mol. The average Bonchev–Trinajstić information content (AvgIpc) is 2.26. The summed E-state index contributed by atoms with van der Waals surface area (Å²) in [6, 6.07) is -0.953. The standard InChI is InChI=1S/C12H22N2O4S/c1-8(2)4-5-13-11(16)7-19-6-10(12(17)18)14-9(3)15/h8,10H,4-7H2,1-3H3,(H,13,16)(H,14,15)(H,17,18). The van der Waals surface area contributed by atoms with Crippen molar-refractivity contribution in [1.29, 1.82) is 0 Å². The van der Waals surface area contributed by atoms with Gasteiger partial charge in [0.25, 0.3) is 0 Å². The van der Waals surface area contributed by atoms with Crippen LogP contribution < -0.4 is 10.6 Å². The maximum Gasteiger partial charge on any atom is 0.327 e. The van der Waals surface area contributed by atoms with Gasteiger partial charge in [-0.15, -0.1) is 11.8 Å². The van der Waals surface area contributed by atoms with Gasteiger partial charge in [0, 0.05) is 19.2 Å². The largest absolute Gasteiger partial charge is 0.480 e. The molecule has 0 aromatic rings. The molecule has 0 heterocycles. The molecule has 0 aliphatic carbocycles. The molecule has 1 unspecified atom stereocenters. The Morgan fingerprint density at radius 3 is 2.37 bits per heavy atom. The van der Waals surface area contributed by atoms with Gasteiger partial charge in [0.2, 0.25) is 11.8 Å². The zero-order chi connectivity index (χ0) is 14.8. The van der Waals surface area contributed by atoms with Gasteiger partial charge in [0.15, 0.2) is 0 Å². The van der Waals surface area contributed by atoms with Gasteiger partial charge in [0.1, 0.15) is 6.04 Å². The Morgan fingerprint density at radius 1 is 1.26 bits per heavy atom. The molecule has 0 aliphatic rings. The fraction of sp³-hybridized carbons (Fsp3) is 0.750. The van der Waals surface area contributed by atoms with E-state index in [1.807, 2.05) is 0 Å². The molecule has 0 fully saturated rings. The predicted octanol–water partition coefficient (Wildman–Crippen LogP) is 0.471. The number of carbonyl (C=O) groups is 3. The molecule has 0 bridgehead atoms. The number of rotatable bonds is 9. The molecule has 6 nitrogen and oxygen atoms in total. The van der Waals surface area contributed by atoms with Crippen LogP contribution in [0.1, 0.15) is 27.2 Å². The van der Waals surface area contributed by atoms with E-state index in [0.717, 1.165) is 6.42 Å². The van der Waals surface area contributed by atoms with Gasteiger partial charge in [-0.05, 0) is 12.3 Å². The molecule has 3 N–H and O–H groups in total. The van der Waals surface area contributed by atoms with Crippen molar-refractivity contribution in [2.75, 3.05) is 18.1 Å². The minimum absolute atomic E-state index is 0.113. The summed E-state index contributed by atoms with van der Waals surface area (Å²) in [5.74, 6) is -0.701. The third-order valence-corrected chi connectivity index (χ3v) is 3.27. The van der Waals surface area contributed by atoms with Gasteiger partial charge in [0.05, 0.1) is 5.75 Å². The van der Waals surface area contributed by atoms with Gasteiger partial charge >= 0.3 is 5.97 Å². The van der Waals surface area contributed by atoms with Crippen molar-refractivity contribution < 1.29 is 19.5 Å². The highest BCUT2D eigenvalue weighted by molar-refractivity contribution is 8.00. The van der Waals surface area contributed by atoms with Crippen molar-refractivity contribution in [2.24, 2.45) is 5.92 Å². The number of aliphatic carboxylic acids is 1. The topological polar surface area (TPSA) is 95.5 Å². The number of thioether (sulfide) groups is 1. The number of hydrogen-bond donors (Lipinski definition) is 3. The summed E-state index contributed by atoms with van der Waals surface area (Å²) < 4.78 is 0. The van der Waals surface area contributed by atoms with Crippen LogP contribution in [-0.2, 0) is 14.4 Å². The lowest BCUT2D eigenvalue weighted by atomic mass is 10.1. The highest BCUT2D eigenvalue weighted by Gasteiger charge is 2.18. The van der Waals surface area contributed by atoms with Crippen LogP contribution >= 0.6 is 11.8 Å². The minimum Gasteiger partial charge on any atom is -0.480 e. The third-order valence-electron chi connectivity index (χ3n) is 2.24. The van der Waals surface area contributed by atoms with Gasteiger partial charge in [-0.1, -0.05) is 13.8 Å². The van der Waals surface area contributed by atoms with E-state index < -0.39 is 17.9 Å². The Hall–Kier alpha value is -1.24. The fourth-order valence-electron chi connectivity index (χ4n) is 1.24. The molecule has 7 heteroatoms. The van der Waals surface area contributed by atoms with Crippen LogP contribution in [0.15, 0.2) is 0 Å². The Labute approximate surface area is 117 Å². The Kier molecular flexibility index (Phi) is 9.03. The molecule has 1 atom stereocenters. The highest BCUT2D eigenvalue weighted by Crippen LogP contribution is 2.03. The van der Waals surface area contributed by atoms with Crippen LogP contribution in [0.5, 0.6) is 0 Å². The van der Waals surface area contributed by atoms with E-state index in [0.29, 0.717) is 12.5 Å². The lowest BCUT2D eigenvalue weighted by molar-refractivity contribution is -0.140. The maximum absolute atomic E-state index is 11.4. The van der Waals surface area contributed by atoms with Crippen molar-refractivity contribution in [1.82, 2.24) is 10.6 Å². The molecular weight excluding hydrogens is 268 g/mol. The van der Waals surface area contributed by atoms with Crippen LogP contribution in [-0.4, -0.2) is 47.0 Å². The molecule has 0 spiro atoms. The summed E-state index contributed by atoms with van der Waals surface area (Å²) in [5.41, 5.74) is 0. The Balaban J connectivity index is 3.83. The summed E-state index contributed by atoms with van der Waals surface area (Å²) in [6.45, 7) is 6.04. The number of amides is 2. The predicted molar refractivity (Wildman–Crippen MR) is 75.0 cm³/mol. The van der Waals surface area contributed by atoms with Gasteiger partial charge in [-0.2, -0.15) is 0 Å². The van der Waals surface area contributed by atoms with E-state index in [1.165, 1.54) is 18.7 Å². The summed E-state index contributed by atoms with van der Waals surface area (Å²) in [7, 11) is 0. The molecule has 0 saturated heterocycles. The van der Waals surface area contributed by atoms with Crippen molar-refractivity contribution in [3.05, 3.63) is 0 Å². The van der Waals surface area contributed by atoms with Crippen LogP contribution in [0, 0.1) is 5.92 Å². The lowest BCUT2D eigenvalue weighted by Crippen LogP contribution is -2.41. The molecule has 0 radical (unpaired) electrons. The SMILES string of the molecule is CC(=O)NC(CSCC(=O)NCCC(C)C)C(=O)O. The van der Waals surface area contributed by atoms with Crippen LogP contribution in [0.3, 0.4) is 0 Å². The first-order valence-electron chi connectivity index (χ1n) is 6.17. The second-order valence-electron chi connectivity index (χ2n) is 4.64. The normalized spacial score (nSPS) is 12.0. The van der Waals surface area contributed by atoms with E-state index in [9.17, 15) is 14.4 Å². The highest BCUT2D eigenvalue weighted by atomic mass is 32.2. The second-order valence-corrected chi connectivity index (χ2v) is 5.67. The summed E-state index contributed by atoms with van der Waals surface area (Å²) in [4.78, 5) is 33.1. The third kappa shape index (κ3) is 10.4. The van der Waals surface area contributed by atoms with Crippen molar-refractivity contribution in [3.63, 3.8) is 0 Å². The fourth-order valence-corrected chi connectivity index (χ4v) is 2.11. The number of nitrogens with one attached hydrogen (secondary N) is 2. The first-order valence-corrected chi connectivity index (χ1v) is 7.32. The van der Waals surface area contributed by atoms with Crippen molar-refractivity contribution in [3.8, 4) is 0 Å². The molecular formula is C12H22N2O4S. The van der Waals surface area contributed by atoms with Crippen molar-refractivity contribution in [2.45, 2.75) is 33.2 Å². The van der Waals surface area contributed by atoms with E-state index in [2.05, 4.69) is 24.5 Å². The minimum atomic E-state index is -1.09. The van der Waals surface area contributed by atoms with E-state index in [1.54, 1.807) is 0 Å². The van der Waals surface area contributed by atoms with E-state index in [-0.39, 0.29) is 17.4 Å². The molecule has 0 saturated carbocycles. The second kappa shape index (κ2) is 9.66. The number of carboxylic acid groups (broad SMARTS) is 1. The number of carboxylic acids is 1. The zero-order valence-electron chi connectivity index (χ0n) is 11.6. The van der Waals surface area contributed by atoms with Crippen molar-refractivity contribution >= 4 is 29.5 Å². The van der Waals surface area contributed by atoms with E-state index >= 15 is 0 Å². The first kappa shape index (κ1) is 17.8. The Bertz CT molecular complexity index is 321. The summed E-state index contributed by atoms with van der Waals surface area (Å²) in [6.07, 6.45) is 0.917. The molecule has 0 aromatic carbocycles. The molecule has 0 aliphatic heterocycles. The van der Waals surface area contributed by atoms with Gasteiger partial charge in [-0.3, -0.25) is 9.59 Å². The van der Waals surface area contributed by atoms with E-state index in [4.69, 9.17) is 5.11 Å². The summed E-state index contributed by atoms with van der Waals surface area (Å²) >= 11 is 1.19. The first-order chi connectivity index (χ1) is 8.82. The lowest BCUT2D eigenvalue weighted by Gasteiger charge is -2.12. The summed E-state index contributed by atoms with van der Waals surface area (Å²) in [5, 5.41) is 13.9. The zero-order valence-corrected chi connectivity index (χ0v) is 12.4. The smallest absolute Gasteiger partial charge is 0.327 e. The molecule has 0 aromatic heterocycles. The maximum atomic E-state index is 11.4. The van der Waals surface area contributed by atoms with Crippen LogP contribution in [0.4, 0.5) is 0 Å². The number of carbonyl (C=O) groups excluding carboxylic acids is 2. The molecule has 2 amide bonds.